The van der Waals surface area contributed by atoms with E-state index in [2.05, 4.69) is 30.3 Å². The molecular formula is C12H22ClN3. The van der Waals surface area contributed by atoms with E-state index in [-0.39, 0.29) is 5.38 Å². The molecule has 92 valence electrons. The molecule has 0 aliphatic rings. The number of aromatic nitrogens is 2. The summed E-state index contributed by atoms with van der Waals surface area (Å²) in [4.78, 5) is 0. The Morgan fingerprint density at radius 2 is 2.25 bits per heavy atom. The van der Waals surface area contributed by atoms with Crippen molar-refractivity contribution in [2.24, 2.45) is 7.05 Å². The molecule has 0 spiro atoms. The smallest absolute Gasteiger partial charge is 0.0625 e. The van der Waals surface area contributed by atoms with Gasteiger partial charge in [-0.1, -0.05) is 20.3 Å². The fourth-order valence-corrected chi connectivity index (χ4v) is 2.01. The number of hydrogen-bond acceptors (Lipinski definition) is 2. The largest absolute Gasteiger partial charge is 0.310 e. The first-order valence-electron chi connectivity index (χ1n) is 6.03. The number of alkyl halides is 1. The average molecular weight is 244 g/mol. The Labute approximate surface area is 103 Å². The summed E-state index contributed by atoms with van der Waals surface area (Å²) in [6, 6.07) is 2.15. The summed E-state index contributed by atoms with van der Waals surface area (Å²) in [5, 5.41) is 8.02. The molecule has 1 rings (SSSR count). The van der Waals surface area contributed by atoms with Crippen LogP contribution in [0.2, 0.25) is 0 Å². The monoisotopic (exact) mass is 243 g/mol. The van der Waals surface area contributed by atoms with Gasteiger partial charge in [-0.15, -0.1) is 11.6 Å². The van der Waals surface area contributed by atoms with Crippen molar-refractivity contribution >= 4 is 11.6 Å². The Balaban J connectivity index is 2.33. The van der Waals surface area contributed by atoms with Crippen molar-refractivity contribution in [1.82, 2.24) is 15.1 Å². The molecule has 1 N–H and O–H groups in total. The molecule has 1 unspecified atom stereocenters. The zero-order chi connectivity index (χ0) is 12.0. The lowest BCUT2D eigenvalue weighted by molar-refractivity contribution is 0.592. The van der Waals surface area contributed by atoms with E-state index >= 15 is 0 Å². The number of rotatable bonds is 7. The molecule has 0 amide bonds. The third-order valence-corrected chi connectivity index (χ3v) is 3.04. The quantitative estimate of drug-likeness (QED) is 0.746. The number of aryl methyl sites for hydroxylation is 2. The van der Waals surface area contributed by atoms with Crippen LogP contribution >= 0.6 is 11.6 Å². The summed E-state index contributed by atoms with van der Waals surface area (Å²) in [5.41, 5.74) is 2.37. The molecule has 0 saturated carbocycles. The molecule has 4 heteroatoms. The number of nitrogens with one attached hydrogen (secondary N) is 1. The maximum absolute atomic E-state index is 6.13. The van der Waals surface area contributed by atoms with Gasteiger partial charge in [0.05, 0.1) is 11.4 Å². The molecule has 0 aromatic carbocycles. The number of hydrogen-bond donors (Lipinski definition) is 1. The molecular weight excluding hydrogens is 222 g/mol. The molecule has 16 heavy (non-hydrogen) atoms. The van der Waals surface area contributed by atoms with Gasteiger partial charge in [-0.3, -0.25) is 4.68 Å². The molecule has 1 atom stereocenters. The molecule has 3 nitrogen and oxygen atoms in total. The topological polar surface area (TPSA) is 29.9 Å². The highest BCUT2D eigenvalue weighted by molar-refractivity contribution is 6.20. The average Bonchev–Trinajstić information content (AvgIpc) is 2.60. The van der Waals surface area contributed by atoms with Gasteiger partial charge in [0.1, 0.15) is 0 Å². The first-order chi connectivity index (χ1) is 7.67. The number of nitrogens with zero attached hydrogens (tertiary/aromatic N) is 2. The lowest BCUT2D eigenvalue weighted by Crippen LogP contribution is -2.23. The van der Waals surface area contributed by atoms with Crippen LogP contribution < -0.4 is 5.32 Å². The van der Waals surface area contributed by atoms with Crippen LogP contribution in [-0.2, 0) is 20.0 Å². The van der Waals surface area contributed by atoms with Gasteiger partial charge < -0.3 is 5.32 Å². The molecule has 0 fully saturated rings. The first kappa shape index (κ1) is 13.5. The second-order valence-corrected chi connectivity index (χ2v) is 4.74. The summed E-state index contributed by atoms with van der Waals surface area (Å²) in [7, 11) is 1.99. The molecule has 0 bridgehead atoms. The molecule has 0 saturated heterocycles. The van der Waals surface area contributed by atoms with Gasteiger partial charge in [-0.25, -0.2) is 0 Å². The van der Waals surface area contributed by atoms with E-state index < -0.39 is 0 Å². The third-order valence-electron chi connectivity index (χ3n) is 2.66. The Bertz CT molecular complexity index is 309. The predicted molar refractivity (Wildman–Crippen MR) is 68.8 cm³/mol. The molecule has 0 aliphatic carbocycles. The third kappa shape index (κ3) is 4.14. The summed E-state index contributed by atoms with van der Waals surface area (Å²) in [6.45, 7) is 5.98. The van der Waals surface area contributed by atoms with Crippen LogP contribution in [0, 0.1) is 0 Å². The Hall–Kier alpha value is -0.540. The normalized spacial score (nSPS) is 13.0. The van der Waals surface area contributed by atoms with E-state index in [0.29, 0.717) is 0 Å². The Kier molecular flexibility index (Phi) is 5.85. The lowest BCUT2D eigenvalue weighted by Gasteiger charge is -2.09. The highest BCUT2D eigenvalue weighted by Crippen LogP contribution is 2.06. The van der Waals surface area contributed by atoms with E-state index in [1.807, 2.05) is 11.7 Å². The summed E-state index contributed by atoms with van der Waals surface area (Å²) in [5.74, 6) is 0. The van der Waals surface area contributed by atoms with Crippen LogP contribution in [0.25, 0.3) is 0 Å². The number of halogens is 1. The lowest BCUT2D eigenvalue weighted by atomic mass is 10.2. The molecule has 1 aromatic heterocycles. The standard InChI is InChI=1S/C12H22ClN3/c1-4-6-10(13)8-14-9-12-7-11(5-2)15-16(12)3/h7,10,14H,4-6,8-9H2,1-3H3. The van der Waals surface area contributed by atoms with Crippen molar-refractivity contribution in [1.29, 1.82) is 0 Å². The van der Waals surface area contributed by atoms with Gasteiger partial charge in [0.25, 0.3) is 0 Å². The van der Waals surface area contributed by atoms with Gasteiger partial charge in [-0.05, 0) is 18.9 Å². The van der Waals surface area contributed by atoms with Gasteiger partial charge in [-0.2, -0.15) is 5.10 Å². The van der Waals surface area contributed by atoms with Crippen molar-refractivity contribution in [3.63, 3.8) is 0 Å². The fourth-order valence-electron chi connectivity index (χ4n) is 1.68. The van der Waals surface area contributed by atoms with Crippen molar-refractivity contribution < 1.29 is 0 Å². The highest BCUT2D eigenvalue weighted by Gasteiger charge is 2.05. The minimum Gasteiger partial charge on any atom is -0.310 e. The molecule has 0 radical (unpaired) electrons. The minimum absolute atomic E-state index is 0.240. The zero-order valence-corrected chi connectivity index (χ0v) is 11.2. The summed E-state index contributed by atoms with van der Waals surface area (Å²) < 4.78 is 1.94. The van der Waals surface area contributed by atoms with E-state index in [9.17, 15) is 0 Å². The second-order valence-electron chi connectivity index (χ2n) is 4.12. The van der Waals surface area contributed by atoms with Crippen molar-refractivity contribution in [3.8, 4) is 0 Å². The van der Waals surface area contributed by atoms with E-state index in [4.69, 9.17) is 11.6 Å². The van der Waals surface area contributed by atoms with Crippen LogP contribution in [0.1, 0.15) is 38.1 Å². The van der Waals surface area contributed by atoms with E-state index in [1.54, 1.807) is 0 Å². The highest BCUT2D eigenvalue weighted by atomic mass is 35.5. The van der Waals surface area contributed by atoms with Crippen LogP contribution in [0.3, 0.4) is 0 Å². The molecule has 1 heterocycles. The maximum atomic E-state index is 6.13. The van der Waals surface area contributed by atoms with Crippen LogP contribution in [0.15, 0.2) is 6.07 Å². The van der Waals surface area contributed by atoms with Gasteiger partial charge >= 0.3 is 0 Å². The zero-order valence-electron chi connectivity index (χ0n) is 10.5. The SMILES string of the molecule is CCCC(Cl)CNCc1cc(CC)nn1C. The van der Waals surface area contributed by atoms with Crippen LogP contribution in [0.4, 0.5) is 0 Å². The van der Waals surface area contributed by atoms with Crippen molar-refractivity contribution in [2.45, 2.75) is 45.0 Å². The van der Waals surface area contributed by atoms with E-state index in [1.165, 1.54) is 5.69 Å². The summed E-state index contributed by atoms with van der Waals surface area (Å²) >= 11 is 6.13. The summed E-state index contributed by atoms with van der Waals surface area (Å²) in [6.07, 6.45) is 3.20. The Morgan fingerprint density at radius 3 is 2.81 bits per heavy atom. The Morgan fingerprint density at radius 1 is 1.50 bits per heavy atom. The maximum Gasteiger partial charge on any atom is 0.0625 e. The molecule has 1 aromatic rings. The minimum atomic E-state index is 0.240. The van der Waals surface area contributed by atoms with Crippen LogP contribution in [-0.4, -0.2) is 21.7 Å². The van der Waals surface area contributed by atoms with Crippen LogP contribution in [0.5, 0.6) is 0 Å². The fraction of sp³-hybridized carbons (Fsp3) is 0.750. The van der Waals surface area contributed by atoms with E-state index in [0.717, 1.165) is 38.0 Å². The van der Waals surface area contributed by atoms with Crippen molar-refractivity contribution in [2.75, 3.05) is 6.54 Å². The predicted octanol–water partition coefficient (Wildman–Crippen LogP) is 2.48. The van der Waals surface area contributed by atoms with Gasteiger partial charge in [0.2, 0.25) is 0 Å². The first-order valence-corrected chi connectivity index (χ1v) is 6.47. The second kappa shape index (κ2) is 6.92. The van der Waals surface area contributed by atoms with Crippen molar-refractivity contribution in [3.05, 3.63) is 17.5 Å². The molecule has 0 aliphatic heterocycles. The van der Waals surface area contributed by atoms with Gasteiger partial charge in [0, 0.05) is 25.5 Å². The van der Waals surface area contributed by atoms with Gasteiger partial charge in [0.15, 0.2) is 0 Å².